The summed E-state index contributed by atoms with van der Waals surface area (Å²) >= 11 is 0. The molecule has 0 aromatic carbocycles. The molecule has 1 heterocycles. The average Bonchev–Trinajstić information content (AvgIpc) is 2.15. The minimum atomic E-state index is -0.833. The molecule has 0 atom stereocenters. The van der Waals surface area contributed by atoms with Crippen LogP contribution in [0.4, 0.5) is 4.79 Å². The zero-order chi connectivity index (χ0) is 13.5. The number of piperazine rings is 1. The number of nitrogens with one attached hydrogen (secondary N) is 1. The van der Waals surface area contributed by atoms with Gasteiger partial charge in [0.2, 0.25) is 0 Å². The van der Waals surface area contributed by atoms with Crippen LogP contribution in [0.2, 0.25) is 0 Å². The van der Waals surface area contributed by atoms with Crippen LogP contribution in [0.3, 0.4) is 0 Å². The van der Waals surface area contributed by atoms with Crippen LogP contribution < -0.4 is 5.32 Å². The summed E-state index contributed by atoms with van der Waals surface area (Å²) in [6.45, 7) is 9.94. The van der Waals surface area contributed by atoms with Gasteiger partial charge in [-0.05, 0) is 20.8 Å². The molecule has 1 amide bonds. The third kappa shape index (κ3) is 11.5. The summed E-state index contributed by atoms with van der Waals surface area (Å²) in [4.78, 5) is 22.2. The first-order chi connectivity index (χ1) is 7.72. The van der Waals surface area contributed by atoms with E-state index in [-0.39, 0.29) is 24.1 Å². The zero-order valence-electron chi connectivity index (χ0n) is 11.4. The summed E-state index contributed by atoms with van der Waals surface area (Å²) in [6.07, 6.45) is -0.200. The Morgan fingerprint density at radius 2 is 1.61 bits per heavy atom. The van der Waals surface area contributed by atoms with E-state index in [1.54, 1.807) is 4.90 Å². The second-order valence-electron chi connectivity index (χ2n) is 4.74. The van der Waals surface area contributed by atoms with Crippen LogP contribution in [0, 0.1) is 0 Å². The Morgan fingerprint density at radius 3 is 1.94 bits per heavy atom. The van der Waals surface area contributed by atoms with Gasteiger partial charge < -0.3 is 20.1 Å². The number of ether oxygens (including phenoxy) is 1. The number of carbonyl (C=O) groups is 2. The van der Waals surface area contributed by atoms with Crippen LogP contribution >= 0.6 is 12.4 Å². The Kier molecular flexibility index (Phi) is 9.66. The van der Waals surface area contributed by atoms with Crippen molar-refractivity contribution in [1.29, 1.82) is 0 Å². The van der Waals surface area contributed by atoms with E-state index < -0.39 is 5.97 Å². The monoisotopic (exact) mass is 282 g/mol. The van der Waals surface area contributed by atoms with Gasteiger partial charge in [-0.2, -0.15) is 0 Å². The molecule has 0 aliphatic carbocycles. The summed E-state index contributed by atoms with van der Waals surface area (Å²) in [7, 11) is 0. The summed E-state index contributed by atoms with van der Waals surface area (Å²) in [6, 6.07) is 0. The second kappa shape index (κ2) is 8.99. The van der Waals surface area contributed by atoms with Gasteiger partial charge in [-0.15, -0.1) is 12.4 Å². The fraction of sp³-hybridized carbons (Fsp3) is 0.818. The lowest BCUT2D eigenvalue weighted by Crippen LogP contribution is -2.48. The molecule has 0 aromatic rings. The molecule has 0 radical (unpaired) electrons. The lowest BCUT2D eigenvalue weighted by Gasteiger charge is -2.30. The van der Waals surface area contributed by atoms with Crippen molar-refractivity contribution in [3.05, 3.63) is 0 Å². The van der Waals surface area contributed by atoms with Gasteiger partial charge in [-0.3, -0.25) is 4.79 Å². The van der Waals surface area contributed by atoms with Crippen molar-refractivity contribution < 1.29 is 19.4 Å². The molecule has 0 saturated carbocycles. The topological polar surface area (TPSA) is 78.9 Å². The standard InChI is InChI=1S/C9H18N2O2.C2H4O2.ClH/c1-9(2,3)13-8(12)11-6-4-10-5-7-11;1-2(3)4;/h10H,4-7H2,1-3H3;1H3,(H,3,4);1H. The van der Waals surface area contributed by atoms with E-state index in [0.29, 0.717) is 0 Å². The Balaban J connectivity index is 0. The number of hydrogen-bond acceptors (Lipinski definition) is 4. The Hall–Kier alpha value is -1.01. The van der Waals surface area contributed by atoms with E-state index in [1.165, 1.54) is 0 Å². The number of carboxylic acid groups (broad SMARTS) is 1. The quantitative estimate of drug-likeness (QED) is 0.701. The zero-order valence-corrected chi connectivity index (χ0v) is 12.2. The molecule has 108 valence electrons. The fourth-order valence-electron chi connectivity index (χ4n) is 1.17. The normalized spacial score (nSPS) is 14.8. The van der Waals surface area contributed by atoms with Crippen LogP contribution in [-0.2, 0) is 9.53 Å². The molecule has 1 aliphatic rings. The number of hydrogen-bond donors (Lipinski definition) is 2. The Bertz CT molecular complexity index is 256. The number of rotatable bonds is 0. The van der Waals surface area contributed by atoms with Gasteiger partial charge in [0, 0.05) is 33.1 Å². The van der Waals surface area contributed by atoms with Crippen molar-refractivity contribution in [2.45, 2.75) is 33.3 Å². The summed E-state index contributed by atoms with van der Waals surface area (Å²) < 4.78 is 5.24. The van der Waals surface area contributed by atoms with Gasteiger partial charge in [0.15, 0.2) is 0 Å². The smallest absolute Gasteiger partial charge is 0.410 e. The highest BCUT2D eigenvalue weighted by Gasteiger charge is 2.22. The largest absolute Gasteiger partial charge is 0.481 e. The average molecular weight is 283 g/mol. The van der Waals surface area contributed by atoms with E-state index in [2.05, 4.69) is 5.32 Å². The van der Waals surface area contributed by atoms with Crippen molar-refractivity contribution in [1.82, 2.24) is 10.2 Å². The van der Waals surface area contributed by atoms with Crippen molar-refractivity contribution >= 4 is 24.5 Å². The van der Waals surface area contributed by atoms with Crippen LogP contribution in [0.15, 0.2) is 0 Å². The number of carboxylic acids is 1. The van der Waals surface area contributed by atoms with Gasteiger partial charge in [0.05, 0.1) is 0 Å². The van der Waals surface area contributed by atoms with Crippen LogP contribution in [-0.4, -0.2) is 53.8 Å². The highest BCUT2D eigenvalue weighted by molar-refractivity contribution is 5.85. The predicted octanol–water partition coefficient (Wildman–Crippen LogP) is 1.34. The first-order valence-electron chi connectivity index (χ1n) is 5.60. The van der Waals surface area contributed by atoms with E-state index in [0.717, 1.165) is 33.1 Å². The molecule has 0 bridgehead atoms. The molecular formula is C11H23ClN2O4. The number of halogens is 1. The van der Waals surface area contributed by atoms with Crippen molar-refractivity contribution in [2.75, 3.05) is 26.2 Å². The first-order valence-corrected chi connectivity index (χ1v) is 5.60. The molecule has 0 unspecified atom stereocenters. The molecule has 1 fully saturated rings. The second-order valence-corrected chi connectivity index (χ2v) is 4.74. The van der Waals surface area contributed by atoms with Gasteiger partial charge in [0.25, 0.3) is 5.97 Å². The van der Waals surface area contributed by atoms with E-state index in [4.69, 9.17) is 14.6 Å². The van der Waals surface area contributed by atoms with Gasteiger partial charge in [-0.25, -0.2) is 4.79 Å². The predicted molar refractivity (Wildman–Crippen MR) is 71.2 cm³/mol. The Labute approximate surface area is 114 Å². The SMILES string of the molecule is CC(=O)O.CC(C)(C)OC(=O)N1CCNCC1.Cl. The third-order valence-corrected chi connectivity index (χ3v) is 1.77. The van der Waals surface area contributed by atoms with Gasteiger partial charge in [-0.1, -0.05) is 0 Å². The molecule has 1 saturated heterocycles. The minimum absolute atomic E-state index is 0. The fourth-order valence-corrected chi connectivity index (χ4v) is 1.17. The molecule has 18 heavy (non-hydrogen) atoms. The van der Waals surface area contributed by atoms with Crippen LogP contribution in [0.1, 0.15) is 27.7 Å². The number of nitrogens with zero attached hydrogens (tertiary/aromatic N) is 1. The molecule has 0 aromatic heterocycles. The molecule has 7 heteroatoms. The Morgan fingerprint density at radius 1 is 1.22 bits per heavy atom. The van der Waals surface area contributed by atoms with Crippen LogP contribution in [0.5, 0.6) is 0 Å². The number of amides is 1. The molecule has 1 aliphatic heterocycles. The first kappa shape index (κ1) is 19.3. The van der Waals surface area contributed by atoms with E-state index in [1.807, 2.05) is 20.8 Å². The van der Waals surface area contributed by atoms with E-state index in [9.17, 15) is 4.79 Å². The summed E-state index contributed by atoms with van der Waals surface area (Å²) in [5.41, 5.74) is -0.387. The maximum atomic E-state index is 11.5. The number of carbonyl (C=O) groups excluding carboxylic acids is 1. The molecule has 2 N–H and O–H groups in total. The van der Waals surface area contributed by atoms with Gasteiger partial charge in [0.1, 0.15) is 5.60 Å². The van der Waals surface area contributed by atoms with E-state index >= 15 is 0 Å². The molecular weight excluding hydrogens is 260 g/mol. The highest BCUT2D eigenvalue weighted by atomic mass is 35.5. The summed E-state index contributed by atoms with van der Waals surface area (Å²) in [5.74, 6) is -0.833. The molecule has 0 spiro atoms. The lowest BCUT2D eigenvalue weighted by molar-refractivity contribution is -0.134. The molecule has 6 nitrogen and oxygen atoms in total. The minimum Gasteiger partial charge on any atom is -0.481 e. The maximum Gasteiger partial charge on any atom is 0.410 e. The van der Waals surface area contributed by atoms with Crippen molar-refractivity contribution in [3.8, 4) is 0 Å². The van der Waals surface area contributed by atoms with Gasteiger partial charge >= 0.3 is 6.09 Å². The third-order valence-electron chi connectivity index (χ3n) is 1.77. The highest BCUT2D eigenvalue weighted by Crippen LogP contribution is 2.09. The maximum absolute atomic E-state index is 11.5. The summed E-state index contributed by atoms with van der Waals surface area (Å²) in [5, 5.41) is 10.6. The van der Waals surface area contributed by atoms with Crippen molar-refractivity contribution in [2.24, 2.45) is 0 Å². The van der Waals surface area contributed by atoms with Crippen molar-refractivity contribution in [3.63, 3.8) is 0 Å². The van der Waals surface area contributed by atoms with Crippen LogP contribution in [0.25, 0.3) is 0 Å². The molecule has 1 rings (SSSR count). The lowest BCUT2D eigenvalue weighted by atomic mass is 10.2. The number of aliphatic carboxylic acids is 1.